The Kier molecular flexibility index (Phi) is 6.17. The highest BCUT2D eigenvalue weighted by atomic mass is 16.5. The average molecular weight is 325 g/mol. The Hall–Kier alpha value is -3.04. The highest BCUT2D eigenvalue weighted by Crippen LogP contribution is 2.27. The van der Waals surface area contributed by atoms with E-state index in [4.69, 9.17) is 14.7 Å². The van der Waals surface area contributed by atoms with Gasteiger partial charge in [0, 0.05) is 6.54 Å². The molecule has 0 heterocycles. The number of nitrogens with zero attached hydrogens (tertiary/aromatic N) is 1. The molecule has 0 aliphatic heterocycles. The minimum atomic E-state index is -0.210. The minimum Gasteiger partial charge on any atom is -0.493 e. The number of methoxy groups -OCH3 is 2. The zero-order valence-corrected chi connectivity index (χ0v) is 13.6. The largest absolute Gasteiger partial charge is 0.493 e. The molecule has 0 fully saturated rings. The SMILES string of the molecule is COc1ccc(CNCC(=O)Nc2ccccc2C#N)cc1OC. The molecule has 0 bridgehead atoms. The van der Waals surface area contributed by atoms with Gasteiger partial charge in [0.15, 0.2) is 11.5 Å². The molecule has 2 aromatic carbocycles. The van der Waals surface area contributed by atoms with Gasteiger partial charge in [-0.25, -0.2) is 0 Å². The minimum absolute atomic E-state index is 0.133. The summed E-state index contributed by atoms with van der Waals surface area (Å²) in [4.78, 5) is 12.0. The van der Waals surface area contributed by atoms with Crippen LogP contribution in [0.4, 0.5) is 5.69 Å². The van der Waals surface area contributed by atoms with Crippen molar-refractivity contribution >= 4 is 11.6 Å². The fourth-order valence-electron chi connectivity index (χ4n) is 2.19. The Bertz CT molecular complexity index is 753. The molecule has 124 valence electrons. The van der Waals surface area contributed by atoms with Gasteiger partial charge in [0.2, 0.25) is 5.91 Å². The molecule has 24 heavy (non-hydrogen) atoms. The van der Waals surface area contributed by atoms with Gasteiger partial charge in [-0.3, -0.25) is 4.79 Å². The number of amides is 1. The number of hydrogen-bond acceptors (Lipinski definition) is 5. The van der Waals surface area contributed by atoms with E-state index < -0.39 is 0 Å². The second kappa shape index (κ2) is 8.56. The molecule has 6 nitrogen and oxygen atoms in total. The molecule has 0 atom stereocenters. The van der Waals surface area contributed by atoms with E-state index in [1.165, 1.54) is 0 Å². The summed E-state index contributed by atoms with van der Waals surface area (Å²) in [5.41, 5.74) is 1.92. The quantitative estimate of drug-likeness (QED) is 0.816. The zero-order chi connectivity index (χ0) is 17.4. The number of hydrogen-bond donors (Lipinski definition) is 2. The molecule has 0 unspecified atom stereocenters. The summed E-state index contributed by atoms with van der Waals surface area (Å²) >= 11 is 0. The molecule has 0 aromatic heterocycles. The predicted molar refractivity (Wildman–Crippen MR) is 91.0 cm³/mol. The van der Waals surface area contributed by atoms with Crippen molar-refractivity contribution in [3.05, 3.63) is 53.6 Å². The van der Waals surface area contributed by atoms with Gasteiger partial charge >= 0.3 is 0 Å². The molecule has 2 aromatic rings. The maximum atomic E-state index is 12.0. The number of benzene rings is 2. The molecule has 0 saturated heterocycles. The summed E-state index contributed by atoms with van der Waals surface area (Å²) < 4.78 is 10.4. The average Bonchev–Trinajstić information content (AvgIpc) is 2.62. The first-order chi connectivity index (χ1) is 11.7. The van der Waals surface area contributed by atoms with Gasteiger partial charge in [0.25, 0.3) is 0 Å². The third kappa shape index (κ3) is 4.48. The molecule has 0 saturated carbocycles. The van der Waals surface area contributed by atoms with Crippen molar-refractivity contribution in [1.29, 1.82) is 5.26 Å². The molecule has 0 radical (unpaired) electrons. The molecule has 1 amide bonds. The van der Waals surface area contributed by atoms with E-state index in [1.807, 2.05) is 24.3 Å². The molecular formula is C18H19N3O3. The number of carbonyl (C=O) groups is 1. The standard InChI is InChI=1S/C18H19N3O3/c1-23-16-8-7-13(9-17(16)24-2)11-20-12-18(22)21-15-6-4-3-5-14(15)10-19/h3-9,20H,11-12H2,1-2H3,(H,21,22). The van der Waals surface area contributed by atoms with Gasteiger partial charge in [0.05, 0.1) is 32.0 Å². The molecule has 0 aliphatic rings. The van der Waals surface area contributed by atoms with Crippen LogP contribution < -0.4 is 20.1 Å². The summed E-state index contributed by atoms with van der Waals surface area (Å²) in [5.74, 6) is 1.09. The number of nitrogens with one attached hydrogen (secondary N) is 2. The van der Waals surface area contributed by atoms with Gasteiger partial charge in [-0.2, -0.15) is 5.26 Å². The maximum absolute atomic E-state index is 12.0. The maximum Gasteiger partial charge on any atom is 0.238 e. The first kappa shape index (κ1) is 17.3. The summed E-state index contributed by atoms with van der Waals surface area (Å²) in [6.45, 7) is 0.641. The fraction of sp³-hybridized carbons (Fsp3) is 0.222. The summed E-state index contributed by atoms with van der Waals surface area (Å²) in [6, 6.07) is 14.5. The van der Waals surface area contributed by atoms with Crippen molar-refractivity contribution in [2.75, 3.05) is 26.1 Å². The molecule has 2 rings (SSSR count). The van der Waals surface area contributed by atoms with Crippen molar-refractivity contribution in [2.24, 2.45) is 0 Å². The highest BCUT2D eigenvalue weighted by Gasteiger charge is 2.07. The smallest absolute Gasteiger partial charge is 0.238 e. The van der Waals surface area contributed by atoms with E-state index in [2.05, 4.69) is 10.6 Å². The van der Waals surface area contributed by atoms with Crippen molar-refractivity contribution in [3.63, 3.8) is 0 Å². The monoisotopic (exact) mass is 325 g/mol. The van der Waals surface area contributed by atoms with Gasteiger partial charge < -0.3 is 20.1 Å². The Labute approximate surface area is 141 Å². The van der Waals surface area contributed by atoms with Crippen LogP contribution in [0.5, 0.6) is 11.5 Å². The van der Waals surface area contributed by atoms with Crippen LogP contribution in [0.25, 0.3) is 0 Å². The number of anilines is 1. The van der Waals surface area contributed by atoms with Gasteiger partial charge in [0.1, 0.15) is 6.07 Å². The molecule has 6 heteroatoms. The lowest BCUT2D eigenvalue weighted by atomic mass is 10.2. The number of nitriles is 1. The highest BCUT2D eigenvalue weighted by molar-refractivity contribution is 5.93. The lowest BCUT2D eigenvalue weighted by Gasteiger charge is -2.11. The third-order valence-electron chi connectivity index (χ3n) is 3.38. The van der Waals surface area contributed by atoms with Crippen molar-refractivity contribution < 1.29 is 14.3 Å². The van der Waals surface area contributed by atoms with Crippen LogP contribution in [0.3, 0.4) is 0 Å². The lowest BCUT2D eigenvalue weighted by Crippen LogP contribution is -2.28. The van der Waals surface area contributed by atoms with E-state index in [-0.39, 0.29) is 12.5 Å². The van der Waals surface area contributed by atoms with E-state index in [0.717, 1.165) is 5.56 Å². The van der Waals surface area contributed by atoms with Gasteiger partial charge in [-0.05, 0) is 29.8 Å². The second-order valence-electron chi connectivity index (χ2n) is 5.00. The summed E-state index contributed by atoms with van der Waals surface area (Å²) in [7, 11) is 3.16. The number of rotatable bonds is 7. The Morgan fingerprint density at radius 1 is 1.12 bits per heavy atom. The van der Waals surface area contributed by atoms with Crippen LogP contribution in [0.1, 0.15) is 11.1 Å². The van der Waals surface area contributed by atoms with Crippen molar-refractivity contribution in [3.8, 4) is 17.6 Å². The van der Waals surface area contributed by atoms with Crippen LogP contribution in [0, 0.1) is 11.3 Å². The first-order valence-electron chi connectivity index (χ1n) is 7.38. The van der Waals surface area contributed by atoms with Crippen LogP contribution in [0.2, 0.25) is 0 Å². The van der Waals surface area contributed by atoms with E-state index in [0.29, 0.717) is 29.3 Å². The molecular weight excluding hydrogens is 306 g/mol. The molecule has 0 spiro atoms. The Balaban J connectivity index is 1.88. The number of para-hydroxylation sites is 1. The Morgan fingerprint density at radius 3 is 2.58 bits per heavy atom. The summed E-state index contributed by atoms with van der Waals surface area (Å²) in [6.07, 6.45) is 0. The first-order valence-corrected chi connectivity index (χ1v) is 7.38. The number of carbonyl (C=O) groups excluding carboxylic acids is 1. The summed E-state index contributed by atoms with van der Waals surface area (Å²) in [5, 5.41) is 14.8. The third-order valence-corrected chi connectivity index (χ3v) is 3.38. The predicted octanol–water partition coefficient (Wildman–Crippen LogP) is 2.30. The van der Waals surface area contributed by atoms with E-state index >= 15 is 0 Å². The fourth-order valence-corrected chi connectivity index (χ4v) is 2.19. The Morgan fingerprint density at radius 2 is 1.88 bits per heavy atom. The van der Waals surface area contributed by atoms with Crippen molar-refractivity contribution in [2.45, 2.75) is 6.54 Å². The molecule has 0 aliphatic carbocycles. The van der Waals surface area contributed by atoms with Crippen LogP contribution in [-0.4, -0.2) is 26.7 Å². The normalized spacial score (nSPS) is 9.88. The second-order valence-corrected chi connectivity index (χ2v) is 5.00. The van der Waals surface area contributed by atoms with Crippen molar-refractivity contribution in [1.82, 2.24) is 5.32 Å². The topological polar surface area (TPSA) is 83.4 Å². The van der Waals surface area contributed by atoms with E-state index in [9.17, 15) is 4.79 Å². The molecule has 2 N–H and O–H groups in total. The van der Waals surface area contributed by atoms with E-state index in [1.54, 1.807) is 38.5 Å². The van der Waals surface area contributed by atoms with Crippen LogP contribution in [0.15, 0.2) is 42.5 Å². The number of ether oxygens (including phenoxy) is 2. The van der Waals surface area contributed by atoms with Gasteiger partial charge in [-0.1, -0.05) is 18.2 Å². The zero-order valence-electron chi connectivity index (χ0n) is 13.6. The van der Waals surface area contributed by atoms with Crippen LogP contribution in [-0.2, 0) is 11.3 Å². The van der Waals surface area contributed by atoms with Gasteiger partial charge in [-0.15, -0.1) is 0 Å². The van der Waals surface area contributed by atoms with Crippen LogP contribution >= 0.6 is 0 Å². The lowest BCUT2D eigenvalue weighted by molar-refractivity contribution is -0.115.